The molecular formula is C11H21F3N2O2. The molecule has 2 N–H and O–H groups in total. The highest BCUT2D eigenvalue weighted by Crippen LogP contribution is 2.20. The summed E-state index contributed by atoms with van der Waals surface area (Å²) < 4.78 is 41.4. The normalized spacial score (nSPS) is 17.4. The summed E-state index contributed by atoms with van der Waals surface area (Å²) in [4.78, 5) is 12.6. The van der Waals surface area contributed by atoms with Crippen LogP contribution in [0.3, 0.4) is 0 Å². The first-order valence-corrected chi connectivity index (χ1v) is 5.72. The summed E-state index contributed by atoms with van der Waals surface area (Å²) in [6.45, 7) is 3.86. The molecule has 18 heavy (non-hydrogen) atoms. The third-order valence-electron chi connectivity index (χ3n) is 2.64. The van der Waals surface area contributed by atoms with Gasteiger partial charge in [0.1, 0.15) is 5.54 Å². The maximum atomic E-state index is 12.2. The summed E-state index contributed by atoms with van der Waals surface area (Å²) in [5.41, 5.74) is 4.48. The van der Waals surface area contributed by atoms with Crippen molar-refractivity contribution >= 4 is 5.97 Å². The van der Waals surface area contributed by atoms with Gasteiger partial charge in [0.15, 0.2) is 0 Å². The monoisotopic (exact) mass is 270 g/mol. The Kier molecular flexibility index (Phi) is 6.09. The van der Waals surface area contributed by atoms with Gasteiger partial charge in [0.05, 0.1) is 13.2 Å². The summed E-state index contributed by atoms with van der Waals surface area (Å²) in [6, 6.07) is -0.481. The lowest BCUT2D eigenvalue weighted by molar-refractivity contribution is -0.152. The van der Waals surface area contributed by atoms with E-state index in [1.54, 1.807) is 13.8 Å². The van der Waals surface area contributed by atoms with Crippen molar-refractivity contribution in [3.63, 3.8) is 0 Å². The Labute approximate surface area is 105 Å². The second-order valence-electron chi connectivity index (χ2n) is 4.72. The minimum atomic E-state index is -4.27. The first-order valence-electron chi connectivity index (χ1n) is 5.72. The van der Waals surface area contributed by atoms with Crippen LogP contribution in [-0.2, 0) is 9.53 Å². The lowest BCUT2D eigenvalue weighted by Crippen LogP contribution is -2.51. The lowest BCUT2D eigenvalue weighted by atomic mass is 9.94. The standard InChI is InChI=1S/C11H21F3N2O2/c1-5-18-9(17)10(3,15)6-8(2)16(4)7-11(12,13)14/h8H,5-7,15H2,1-4H3. The zero-order valence-corrected chi connectivity index (χ0v) is 11.2. The van der Waals surface area contributed by atoms with E-state index in [9.17, 15) is 18.0 Å². The molecule has 108 valence electrons. The Morgan fingerprint density at radius 3 is 2.33 bits per heavy atom. The van der Waals surface area contributed by atoms with Gasteiger partial charge in [-0.3, -0.25) is 9.69 Å². The third-order valence-corrected chi connectivity index (χ3v) is 2.64. The largest absolute Gasteiger partial charge is 0.465 e. The molecule has 2 atom stereocenters. The minimum absolute atomic E-state index is 0.0956. The average Bonchev–Trinajstić information content (AvgIpc) is 2.14. The van der Waals surface area contributed by atoms with Crippen molar-refractivity contribution in [1.82, 2.24) is 4.90 Å². The molecule has 0 aliphatic carbocycles. The topological polar surface area (TPSA) is 55.6 Å². The third kappa shape index (κ3) is 6.20. The van der Waals surface area contributed by atoms with Gasteiger partial charge in [-0.05, 0) is 34.2 Å². The molecule has 0 rings (SSSR count). The minimum Gasteiger partial charge on any atom is -0.465 e. The van der Waals surface area contributed by atoms with Crippen molar-refractivity contribution in [1.29, 1.82) is 0 Å². The number of hydrogen-bond acceptors (Lipinski definition) is 4. The molecule has 0 aromatic rings. The van der Waals surface area contributed by atoms with Crippen molar-refractivity contribution in [2.45, 2.75) is 44.9 Å². The van der Waals surface area contributed by atoms with E-state index in [4.69, 9.17) is 10.5 Å². The fourth-order valence-electron chi connectivity index (χ4n) is 1.59. The molecule has 0 amide bonds. The highest BCUT2D eigenvalue weighted by molar-refractivity contribution is 5.80. The summed E-state index contributed by atoms with van der Waals surface area (Å²) in [5.74, 6) is -0.600. The number of carbonyl (C=O) groups excluding carboxylic acids is 1. The fourth-order valence-corrected chi connectivity index (χ4v) is 1.59. The average molecular weight is 270 g/mol. The van der Waals surface area contributed by atoms with E-state index in [0.29, 0.717) is 0 Å². The van der Waals surface area contributed by atoms with Crippen molar-refractivity contribution < 1.29 is 22.7 Å². The Balaban J connectivity index is 4.45. The highest BCUT2D eigenvalue weighted by atomic mass is 19.4. The predicted molar refractivity (Wildman–Crippen MR) is 62.0 cm³/mol. The van der Waals surface area contributed by atoms with E-state index in [1.165, 1.54) is 14.0 Å². The number of carbonyl (C=O) groups is 1. The maximum absolute atomic E-state index is 12.2. The molecule has 0 heterocycles. The molecule has 2 unspecified atom stereocenters. The van der Waals surface area contributed by atoms with Gasteiger partial charge in [0.25, 0.3) is 0 Å². The molecule has 0 saturated heterocycles. The number of ether oxygens (including phenoxy) is 1. The van der Waals surface area contributed by atoms with Gasteiger partial charge in [0.2, 0.25) is 0 Å². The second-order valence-corrected chi connectivity index (χ2v) is 4.72. The first-order chi connectivity index (χ1) is 7.99. The molecule has 4 nitrogen and oxygen atoms in total. The van der Waals surface area contributed by atoms with E-state index < -0.39 is 30.3 Å². The Bertz CT molecular complexity index is 280. The summed E-state index contributed by atoms with van der Waals surface area (Å²) >= 11 is 0. The van der Waals surface area contributed by atoms with Crippen LogP contribution in [-0.4, -0.2) is 48.8 Å². The molecule has 0 radical (unpaired) electrons. The van der Waals surface area contributed by atoms with E-state index in [2.05, 4.69) is 0 Å². The molecule has 0 aliphatic rings. The molecule has 7 heteroatoms. The van der Waals surface area contributed by atoms with Gasteiger partial charge in [-0.15, -0.1) is 0 Å². The Morgan fingerprint density at radius 1 is 1.44 bits per heavy atom. The number of nitrogens with zero attached hydrogens (tertiary/aromatic N) is 1. The maximum Gasteiger partial charge on any atom is 0.401 e. The smallest absolute Gasteiger partial charge is 0.401 e. The van der Waals surface area contributed by atoms with E-state index in [-0.39, 0.29) is 13.0 Å². The quantitative estimate of drug-likeness (QED) is 0.744. The molecule has 0 fully saturated rings. The zero-order valence-electron chi connectivity index (χ0n) is 11.2. The molecule has 0 aliphatic heterocycles. The fraction of sp³-hybridized carbons (Fsp3) is 0.909. The van der Waals surface area contributed by atoms with Crippen LogP contribution in [0.4, 0.5) is 13.2 Å². The number of alkyl halides is 3. The van der Waals surface area contributed by atoms with Gasteiger partial charge >= 0.3 is 12.1 Å². The van der Waals surface area contributed by atoms with Crippen LogP contribution in [0.1, 0.15) is 27.2 Å². The Morgan fingerprint density at radius 2 is 1.94 bits per heavy atom. The lowest BCUT2D eigenvalue weighted by Gasteiger charge is -2.31. The van der Waals surface area contributed by atoms with Gasteiger partial charge in [-0.2, -0.15) is 13.2 Å². The number of halogens is 3. The predicted octanol–water partition coefficient (Wildman–Crippen LogP) is 1.54. The molecule has 0 aromatic heterocycles. The van der Waals surface area contributed by atoms with Crippen LogP contribution < -0.4 is 5.73 Å². The van der Waals surface area contributed by atoms with Crippen LogP contribution in [0.5, 0.6) is 0 Å². The molecular weight excluding hydrogens is 249 g/mol. The van der Waals surface area contributed by atoms with Crippen molar-refractivity contribution in [2.75, 3.05) is 20.2 Å². The second kappa shape index (κ2) is 6.38. The van der Waals surface area contributed by atoms with Crippen LogP contribution in [0, 0.1) is 0 Å². The van der Waals surface area contributed by atoms with E-state index in [0.717, 1.165) is 4.90 Å². The number of nitrogens with two attached hydrogens (primary N) is 1. The number of hydrogen-bond donors (Lipinski definition) is 1. The van der Waals surface area contributed by atoms with Gasteiger partial charge in [-0.25, -0.2) is 0 Å². The van der Waals surface area contributed by atoms with Crippen LogP contribution in [0.25, 0.3) is 0 Å². The first kappa shape index (κ1) is 17.2. The summed E-state index contributed by atoms with van der Waals surface area (Å²) in [5, 5.41) is 0. The summed E-state index contributed by atoms with van der Waals surface area (Å²) in [7, 11) is 1.35. The molecule has 0 spiro atoms. The van der Waals surface area contributed by atoms with Gasteiger partial charge < -0.3 is 10.5 Å². The SMILES string of the molecule is CCOC(=O)C(C)(N)CC(C)N(C)CC(F)(F)F. The number of esters is 1. The molecule has 0 bridgehead atoms. The Hall–Kier alpha value is -0.820. The van der Waals surface area contributed by atoms with Crippen molar-refractivity contribution in [3.05, 3.63) is 0 Å². The van der Waals surface area contributed by atoms with E-state index in [1.807, 2.05) is 0 Å². The van der Waals surface area contributed by atoms with Gasteiger partial charge in [0, 0.05) is 6.04 Å². The highest BCUT2D eigenvalue weighted by Gasteiger charge is 2.36. The van der Waals surface area contributed by atoms with Crippen molar-refractivity contribution in [2.24, 2.45) is 5.73 Å². The van der Waals surface area contributed by atoms with Crippen LogP contribution >= 0.6 is 0 Å². The summed E-state index contributed by atoms with van der Waals surface area (Å²) in [6.07, 6.45) is -4.17. The van der Waals surface area contributed by atoms with Crippen LogP contribution in [0.2, 0.25) is 0 Å². The van der Waals surface area contributed by atoms with Crippen molar-refractivity contribution in [3.8, 4) is 0 Å². The molecule has 0 saturated carbocycles. The molecule has 0 aromatic carbocycles. The van der Waals surface area contributed by atoms with Gasteiger partial charge in [-0.1, -0.05) is 0 Å². The van der Waals surface area contributed by atoms with E-state index >= 15 is 0 Å². The number of rotatable bonds is 6. The zero-order chi connectivity index (χ0) is 14.6. The van der Waals surface area contributed by atoms with Crippen LogP contribution in [0.15, 0.2) is 0 Å².